The summed E-state index contributed by atoms with van der Waals surface area (Å²) in [5, 5.41) is 2.86. The van der Waals surface area contributed by atoms with Crippen molar-refractivity contribution in [2.75, 3.05) is 16.8 Å². The molecule has 0 saturated carbocycles. The number of fused-ring (bicyclic) bond motifs is 1. The van der Waals surface area contributed by atoms with E-state index < -0.39 is 0 Å². The fourth-order valence-corrected chi connectivity index (χ4v) is 2.05. The zero-order valence-electron chi connectivity index (χ0n) is 10.9. The van der Waals surface area contributed by atoms with Crippen molar-refractivity contribution in [3.8, 4) is 0 Å². The molecule has 18 heavy (non-hydrogen) atoms. The number of carbonyl (C=O) groups is 2. The van der Waals surface area contributed by atoms with Crippen molar-refractivity contribution in [1.29, 1.82) is 0 Å². The van der Waals surface area contributed by atoms with Crippen LogP contribution < -0.4 is 10.2 Å². The standard InChI is InChI=1S/C14H18N2O2/c1-9(2)14(18)16-8-10(3)13(17)15-11-6-4-5-7-12(11)16/h4-7,9-10H,8H2,1-3H3,(H,15,17)/t10-/m1/s1. The molecule has 2 rings (SSSR count). The molecular formula is C14H18N2O2. The number of benzene rings is 1. The van der Waals surface area contributed by atoms with Crippen LogP contribution in [0.2, 0.25) is 0 Å². The predicted octanol–water partition coefficient (Wildman–Crippen LogP) is 2.26. The summed E-state index contributed by atoms with van der Waals surface area (Å²) in [6.45, 7) is 6.01. The second-order valence-corrected chi connectivity index (χ2v) is 5.01. The number of nitrogens with one attached hydrogen (secondary N) is 1. The summed E-state index contributed by atoms with van der Waals surface area (Å²) in [6, 6.07) is 7.43. The first-order valence-corrected chi connectivity index (χ1v) is 6.22. The Balaban J connectivity index is 2.46. The third-order valence-corrected chi connectivity index (χ3v) is 3.12. The van der Waals surface area contributed by atoms with Crippen molar-refractivity contribution in [2.45, 2.75) is 20.8 Å². The van der Waals surface area contributed by atoms with E-state index in [1.807, 2.05) is 45.0 Å². The highest BCUT2D eigenvalue weighted by molar-refractivity contribution is 6.04. The van der Waals surface area contributed by atoms with Crippen molar-refractivity contribution < 1.29 is 9.59 Å². The normalized spacial score (nSPS) is 19.2. The van der Waals surface area contributed by atoms with Crippen LogP contribution in [-0.4, -0.2) is 18.4 Å². The molecule has 1 aromatic carbocycles. The zero-order chi connectivity index (χ0) is 13.3. The lowest BCUT2D eigenvalue weighted by molar-refractivity contribution is -0.122. The van der Waals surface area contributed by atoms with Gasteiger partial charge < -0.3 is 10.2 Å². The Morgan fingerprint density at radius 2 is 2.06 bits per heavy atom. The predicted molar refractivity (Wildman–Crippen MR) is 71.4 cm³/mol. The zero-order valence-corrected chi connectivity index (χ0v) is 10.9. The summed E-state index contributed by atoms with van der Waals surface area (Å²) in [6.07, 6.45) is 0. The largest absolute Gasteiger partial charge is 0.324 e. The highest BCUT2D eigenvalue weighted by atomic mass is 16.2. The van der Waals surface area contributed by atoms with E-state index in [2.05, 4.69) is 5.32 Å². The Labute approximate surface area is 107 Å². The molecule has 0 fully saturated rings. The minimum Gasteiger partial charge on any atom is -0.324 e. The summed E-state index contributed by atoms with van der Waals surface area (Å²) in [5.41, 5.74) is 1.50. The maximum absolute atomic E-state index is 12.3. The Bertz CT molecular complexity index is 482. The molecule has 1 aliphatic heterocycles. The number of carbonyl (C=O) groups excluding carboxylic acids is 2. The maximum atomic E-state index is 12.3. The van der Waals surface area contributed by atoms with Gasteiger partial charge in [0.15, 0.2) is 0 Å². The first kappa shape index (κ1) is 12.6. The Morgan fingerprint density at radius 1 is 1.39 bits per heavy atom. The van der Waals surface area contributed by atoms with Gasteiger partial charge in [-0.15, -0.1) is 0 Å². The second kappa shape index (κ2) is 4.80. The van der Waals surface area contributed by atoms with E-state index in [1.165, 1.54) is 0 Å². The number of nitrogens with zero attached hydrogens (tertiary/aromatic N) is 1. The van der Waals surface area contributed by atoms with Gasteiger partial charge in [0.2, 0.25) is 11.8 Å². The Morgan fingerprint density at radius 3 is 2.72 bits per heavy atom. The summed E-state index contributed by atoms with van der Waals surface area (Å²) in [7, 11) is 0. The van der Waals surface area contributed by atoms with Crippen LogP contribution >= 0.6 is 0 Å². The minimum atomic E-state index is -0.208. The average molecular weight is 246 g/mol. The van der Waals surface area contributed by atoms with Crippen molar-refractivity contribution >= 4 is 23.2 Å². The molecule has 0 aliphatic carbocycles. The Hall–Kier alpha value is -1.84. The molecule has 0 saturated heterocycles. The van der Waals surface area contributed by atoms with Crippen LogP contribution in [0.25, 0.3) is 0 Å². The van der Waals surface area contributed by atoms with E-state index in [0.717, 1.165) is 5.69 Å². The van der Waals surface area contributed by atoms with E-state index in [1.54, 1.807) is 4.90 Å². The molecule has 4 nitrogen and oxygen atoms in total. The van der Waals surface area contributed by atoms with E-state index in [9.17, 15) is 9.59 Å². The second-order valence-electron chi connectivity index (χ2n) is 5.01. The molecule has 0 bridgehead atoms. The fourth-order valence-electron chi connectivity index (χ4n) is 2.05. The third kappa shape index (κ3) is 2.23. The summed E-state index contributed by atoms with van der Waals surface area (Å²) >= 11 is 0. The van der Waals surface area contributed by atoms with E-state index in [-0.39, 0.29) is 23.7 Å². The minimum absolute atomic E-state index is 0.0403. The first-order chi connectivity index (χ1) is 8.50. The van der Waals surface area contributed by atoms with Gasteiger partial charge in [0, 0.05) is 12.5 Å². The molecule has 1 aliphatic rings. The van der Waals surface area contributed by atoms with Gasteiger partial charge in [-0.25, -0.2) is 0 Å². The lowest BCUT2D eigenvalue weighted by Crippen LogP contribution is -2.38. The van der Waals surface area contributed by atoms with Crippen LogP contribution in [0.15, 0.2) is 24.3 Å². The molecule has 0 spiro atoms. The summed E-state index contributed by atoms with van der Waals surface area (Å²) in [5.74, 6) is -0.286. The van der Waals surface area contributed by atoms with Gasteiger partial charge in [-0.05, 0) is 12.1 Å². The van der Waals surface area contributed by atoms with Gasteiger partial charge in [-0.3, -0.25) is 9.59 Å². The summed E-state index contributed by atoms with van der Waals surface area (Å²) in [4.78, 5) is 25.8. The molecule has 4 heteroatoms. The van der Waals surface area contributed by atoms with Gasteiger partial charge in [-0.2, -0.15) is 0 Å². The molecule has 1 atom stereocenters. The number of hydrogen-bond donors (Lipinski definition) is 1. The van der Waals surface area contributed by atoms with Crippen LogP contribution in [0, 0.1) is 11.8 Å². The van der Waals surface area contributed by atoms with E-state index in [4.69, 9.17) is 0 Å². The first-order valence-electron chi connectivity index (χ1n) is 6.22. The topological polar surface area (TPSA) is 49.4 Å². The number of anilines is 2. The highest BCUT2D eigenvalue weighted by Gasteiger charge is 2.29. The van der Waals surface area contributed by atoms with Crippen LogP contribution in [0.4, 0.5) is 11.4 Å². The fraction of sp³-hybridized carbons (Fsp3) is 0.429. The summed E-state index contributed by atoms with van der Waals surface area (Å²) < 4.78 is 0. The van der Waals surface area contributed by atoms with E-state index >= 15 is 0 Å². The number of para-hydroxylation sites is 2. The lowest BCUT2D eigenvalue weighted by atomic mass is 10.1. The van der Waals surface area contributed by atoms with Crippen LogP contribution in [0.3, 0.4) is 0 Å². The van der Waals surface area contributed by atoms with Gasteiger partial charge in [0.1, 0.15) is 0 Å². The van der Waals surface area contributed by atoms with Crippen molar-refractivity contribution in [3.05, 3.63) is 24.3 Å². The van der Waals surface area contributed by atoms with Gasteiger partial charge in [0.25, 0.3) is 0 Å². The molecule has 96 valence electrons. The number of amides is 2. The van der Waals surface area contributed by atoms with Crippen LogP contribution in [-0.2, 0) is 9.59 Å². The molecule has 1 N–H and O–H groups in total. The van der Waals surface area contributed by atoms with Crippen LogP contribution in [0.1, 0.15) is 20.8 Å². The van der Waals surface area contributed by atoms with Gasteiger partial charge >= 0.3 is 0 Å². The third-order valence-electron chi connectivity index (χ3n) is 3.12. The van der Waals surface area contributed by atoms with Crippen molar-refractivity contribution in [1.82, 2.24) is 0 Å². The number of rotatable bonds is 1. The SMILES string of the molecule is CC(C)C(=O)N1C[C@@H](C)C(=O)Nc2ccccc21. The van der Waals surface area contributed by atoms with E-state index in [0.29, 0.717) is 12.2 Å². The molecule has 0 aromatic heterocycles. The average Bonchev–Trinajstić information content (AvgIpc) is 2.46. The van der Waals surface area contributed by atoms with Gasteiger partial charge in [0.05, 0.1) is 17.3 Å². The van der Waals surface area contributed by atoms with Crippen LogP contribution in [0.5, 0.6) is 0 Å². The number of hydrogen-bond acceptors (Lipinski definition) is 2. The molecule has 0 unspecified atom stereocenters. The maximum Gasteiger partial charge on any atom is 0.229 e. The quantitative estimate of drug-likeness (QED) is 0.826. The molecule has 0 radical (unpaired) electrons. The molecular weight excluding hydrogens is 228 g/mol. The monoisotopic (exact) mass is 246 g/mol. The van der Waals surface area contributed by atoms with Crippen molar-refractivity contribution in [2.24, 2.45) is 11.8 Å². The lowest BCUT2D eigenvalue weighted by Gasteiger charge is -2.25. The smallest absolute Gasteiger partial charge is 0.229 e. The van der Waals surface area contributed by atoms with Crippen molar-refractivity contribution in [3.63, 3.8) is 0 Å². The van der Waals surface area contributed by atoms with Gasteiger partial charge in [-0.1, -0.05) is 32.9 Å². The molecule has 1 aromatic rings. The Kier molecular flexibility index (Phi) is 3.36. The highest BCUT2D eigenvalue weighted by Crippen LogP contribution is 2.30. The molecule has 2 amide bonds. The molecule has 1 heterocycles.